The Morgan fingerprint density at radius 2 is 1.57 bits per heavy atom. The number of hydrogen-bond donors (Lipinski definition) is 1. The van der Waals surface area contributed by atoms with E-state index >= 15 is 0 Å². The van der Waals surface area contributed by atoms with Crippen LogP contribution in [0.25, 0.3) is 11.0 Å². The summed E-state index contributed by atoms with van der Waals surface area (Å²) in [6.45, 7) is 2.36. The van der Waals surface area contributed by atoms with Crippen molar-refractivity contribution < 1.29 is 9.18 Å². The van der Waals surface area contributed by atoms with Crippen LogP contribution >= 0.6 is 0 Å². The maximum absolute atomic E-state index is 14.3. The van der Waals surface area contributed by atoms with Gasteiger partial charge in [-0.05, 0) is 37.1 Å². The first-order valence-electron chi connectivity index (χ1n) is 12.3. The van der Waals surface area contributed by atoms with Gasteiger partial charge in [0.1, 0.15) is 11.5 Å². The largest absolute Gasteiger partial charge is 0.366 e. The van der Waals surface area contributed by atoms with Gasteiger partial charge in [-0.1, -0.05) is 43.5 Å². The highest BCUT2D eigenvalue weighted by molar-refractivity contribution is 5.89. The summed E-state index contributed by atoms with van der Waals surface area (Å²) in [4.78, 5) is 26.9. The molecule has 1 aliphatic heterocycles. The number of halogens is 1. The molecule has 1 N–H and O–H groups in total. The molecule has 7 nitrogen and oxygen atoms in total. The molecule has 0 spiro atoms. The van der Waals surface area contributed by atoms with Crippen LogP contribution in [0, 0.1) is 17.1 Å². The summed E-state index contributed by atoms with van der Waals surface area (Å²) >= 11 is 0. The lowest BCUT2D eigenvalue weighted by Gasteiger charge is -2.37. The van der Waals surface area contributed by atoms with Crippen molar-refractivity contribution in [2.75, 3.05) is 36.0 Å². The quantitative estimate of drug-likeness (QED) is 0.601. The maximum Gasteiger partial charge on any atom is 0.243 e. The number of benzene rings is 2. The van der Waals surface area contributed by atoms with Gasteiger partial charge in [0.15, 0.2) is 11.7 Å². The van der Waals surface area contributed by atoms with Gasteiger partial charge in [0, 0.05) is 32.2 Å². The predicted molar refractivity (Wildman–Crippen MR) is 134 cm³/mol. The number of piperazine rings is 1. The van der Waals surface area contributed by atoms with Gasteiger partial charge in [0.2, 0.25) is 5.91 Å². The average molecular weight is 473 g/mol. The summed E-state index contributed by atoms with van der Waals surface area (Å²) in [6.07, 6.45) is 5.26. The number of amides is 1. The molecule has 2 aromatic carbocycles. The fraction of sp³-hybridized carbons (Fsp3) is 0.407. The molecule has 0 bridgehead atoms. The van der Waals surface area contributed by atoms with Crippen LogP contribution in [0.5, 0.6) is 0 Å². The Hall–Kier alpha value is -3.73. The number of anilines is 2. The van der Waals surface area contributed by atoms with Crippen LogP contribution in [-0.4, -0.2) is 48.1 Å². The number of rotatable bonds is 5. The van der Waals surface area contributed by atoms with Crippen LogP contribution in [0.4, 0.5) is 15.9 Å². The van der Waals surface area contributed by atoms with Crippen LogP contribution in [0.2, 0.25) is 0 Å². The number of aromatic nitrogens is 2. The van der Waals surface area contributed by atoms with Crippen LogP contribution in [-0.2, 0) is 4.79 Å². The van der Waals surface area contributed by atoms with Crippen molar-refractivity contribution in [3.63, 3.8) is 0 Å². The molecule has 180 valence electrons. The van der Waals surface area contributed by atoms with Crippen molar-refractivity contribution >= 4 is 28.4 Å². The summed E-state index contributed by atoms with van der Waals surface area (Å²) in [5.74, 6) is -1.04. The number of para-hydroxylation sites is 3. The lowest BCUT2D eigenvalue weighted by molar-refractivity contribution is -0.122. The molecular formula is C27H29FN6O. The van der Waals surface area contributed by atoms with Gasteiger partial charge in [-0.2, -0.15) is 5.26 Å². The first-order valence-corrected chi connectivity index (χ1v) is 12.3. The number of fused-ring (bicyclic) bond motifs is 1. The Labute approximate surface area is 204 Å². The molecule has 1 aliphatic carbocycles. The predicted octanol–water partition coefficient (Wildman–Crippen LogP) is 4.15. The van der Waals surface area contributed by atoms with Gasteiger partial charge < -0.3 is 15.1 Å². The van der Waals surface area contributed by atoms with Crippen LogP contribution in [0.15, 0.2) is 48.5 Å². The summed E-state index contributed by atoms with van der Waals surface area (Å²) < 4.78 is 14.3. The molecule has 1 saturated heterocycles. The normalized spacial score (nSPS) is 17.7. The molecule has 1 saturated carbocycles. The Kier molecular flexibility index (Phi) is 6.75. The van der Waals surface area contributed by atoms with Crippen molar-refractivity contribution in [1.29, 1.82) is 5.26 Å². The van der Waals surface area contributed by atoms with E-state index < -0.39 is 5.92 Å². The Morgan fingerprint density at radius 1 is 0.943 bits per heavy atom. The van der Waals surface area contributed by atoms with E-state index in [0.717, 1.165) is 25.7 Å². The van der Waals surface area contributed by atoms with Gasteiger partial charge >= 0.3 is 0 Å². The smallest absolute Gasteiger partial charge is 0.243 e. The Morgan fingerprint density at radius 3 is 2.26 bits per heavy atom. The molecule has 2 aliphatic rings. The number of hydrogen-bond acceptors (Lipinski definition) is 6. The van der Waals surface area contributed by atoms with Gasteiger partial charge in [-0.15, -0.1) is 0 Å². The van der Waals surface area contributed by atoms with E-state index in [1.54, 1.807) is 12.1 Å². The van der Waals surface area contributed by atoms with E-state index in [1.165, 1.54) is 12.5 Å². The number of nitrogens with zero attached hydrogens (tertiary/aromatic N) is 5. The molecule has 3 aromatic rings. The zero-order chi connectivity index (χ0) is 24.2. The zero-order valence-electron chi connectivity index (χ0n) is 19.7. The molecule has 1 atom stereocenters. The molecule has 8 heteroatoms. The van der Waals surface area contributed by atoms with Crippen molar-refractivity contribution in [3.8, 4) is 6.07 Å². The standard InChI is InChI=1S/C27H29FN6O/c28-21-10-4-7-13-24(21)33-14-16-34(17-15-33)26-25(31-22-11-5-6-12-23(22)32-26)20(18-29)27(35)30-19-8-2-1-3-9-19/h4-7,10-13,19-20H,1-3,8-9,14-17H2,(H,30,35)/t20-/m1/s1. The first kappa shape index (κ1) is 23.0. The molecular weight excluding hydrogens is 443 g/mol. The highest BCUT2D eigenvalue weighted by Gasteiger charge is 2.31. The Balaban J connectivity index is 1.43. The summed E-state index contributed by atoms with van der Waals surface area (Å²) in [7, 11) is 0. The third-order valence-electron chi connectivity index (χ3n) is 6.97. The highest BCUT2D eigenvalue weighted by atomic mass is 19.1. The van der Waals surface area contributed by atoms with Gasteiger partial charge in [-0.3, -0.25) is 4.79 Å². The summed E-state index contributed by atoms with van der Waals surface area (Å²) in [6, 6.07) is 16.6. The number of nitriles is 1. The van der Waals surface area contributed by atoms with Crippen molar-refractivity contribution in [2.45, 2.75) is 44.1 Å². The molecule has 1 amide bonds. The van der Waals surface area contributed by atoms with Crippen LogP contribution in [0.1, 0.15) is 43.7 Å². The average Bonchev–Trinajstić information content (AvgIpc) is 2.90. The third kappa shape index (κ3) is 4.90. The summed E-state index contributed by atoms with van der Waals surface area (Å²) in [5.41, 5.74) is 2.34. The van der Waals surface area contributed by atoms with Crippen LogP contribution < -0.4 is 15.1 Å². The van der Waals surface area contributed by atoms with Crippen molar-refractivity contribution in [3.05, 3.63) is 60.0 Å². The zero-order valence-corrected chi connectivity index (χ0v) is 19.7. The Bertz CT molecular complexity index is 1240. The van der Waals surface area contributed by atoms with Gasteiger partial charge in [0.25, 0.3) is 0 Å². The molecule has 35 heavy (non-hydrogen) atoms. The maximum atomic E-state index is 14.3. The fourth-order valence-electron chi connectivity index (χ4n) is 5.07. The van der Waals surface area contributed by atoms with E-state index in [1.807, 2.05) is 35.2 Å². The number of carbonyl (C=O) groups is 1. The third-order valence-corrected chi connectivity index (χ3v) is 6.97. The van der Waals surface area contributed by atoms with E-state index in [-0.39, 0.29) is 17.8 Å². The second kappa shape index (κ2) is 10.3. The van der Waals surface area contributed by atoms with Crippen LogP contribution in [0.3, 0.4) is 0 Å². The molecule has 2 heterocycles. The number of nitrogens with one attached hydrogen (secondary N) is 1. The molecule has 0 radical (unpaired) electrons. The molecule has 1 aromatic heterocycles. The number of carbonyl (C=O) groups excluding carboxylic acids is 1. The fourth-order valence-corrected chi connectivity index (χ4v) is 5.07. The van der Waals surface area contributed by atoms with E-state index in [0.29, 0.717) is 54.4 Å². The second-order valence-electron chi connectivity index (χ2n) is 9.25. The lowest BCUT2D eigenvalue weighted by atomic mass is 9.94. The monoisotopic (exact) mass is 472 g/mol. The minimum atomic E-state index is -1.05. The molecule has 0 unspecified atom stereocenters. The first-order chi connectivity index (χ1) is 17.1. The minimum Gasteiger partial charge on any atom is -0.366 e. The summed E-state index contributed by atoms with van der Waals surface area (Å²) in [5, 5.41) is 13.1. The van der Waals surface area contributed by atoms with Gasteiger partial charge in [-0.25, -0.2) is 14.4 Å². The molecule has 2 fully saturated rings. The highest BCUT2D eigenvalue weighted by Crippen LogP contribution is 2.30. The van der Waals surface area contributed by atoms with E-state index in [4.69, 9.17) is 9.97 Å². The lowest BCUT2D eigenvalue weighted by Crippen LogP contribution is -2.48. The van der Waals surface area contributed by atoms with Crippen molar-refractivity contribution in [2.24, 2.45) is 0 Å². The van der Waals surface area contributed by atoms with Gasteiger partial charge in [0.05, 0.1) is 22.8 Å². The van der Waals surface area contributed by atoms with Crippen molar-refractivity contribution in [1.82, 2.24) is 15.3 Å². The SMILES string of the molecule is N#C[C@@H](C(=O)NC1CCCCC1)c1nc2ccccc2nc1N1CCN(c2ccccc2F)CC1. The van der Waals surface area contributed by atoms with E-state index in [2.05, 4.69) is 16.3 Å². The second-order valence-corrected chi connectivity index (χ2v) is 9.25. The minimum absolute atomic E-state index is 0.105. The topological polar surface area (TPSA) is 85.1 Å². The molecule has 5 rings (SSSR count). The van der Waals surface area contributed by atoms with E-state index in [9.17, 15) is 14.4 Å².